The Morgan fingerprint density at radius 2 is 2.22 bits per heavy atom. The van der Waals surface area contributed by atoms with Gasteiger partial charge in [0.15, 0.2) is 5.69 Å². The Kier molecular flexibility index (Phi) is 3.72. The topological polar surface area (TPSA) is 59.8 Å². The SMILES string of the molecule is CCCn1ccc(C(=O)Nc2cccc(C)n2)n1. The van der Waals surface area contributed by atoms with E-state index < -0.39 is 0 Å². The zero-order valence-electron chi connectivity index (χ0n) is 10.6. The third-order valence-corrected chi connectivity index (χ3v) is 2.46. The van der Waals surface area contributed by atoms with Crippen LogP contribution in [0.5, 0.6) is 0 Å². The Morgan fingerprint density at radius 3 is 2.94 bits per heavy atom. The molecule has 2 aromatic heterocycles. The van der Waals surface area contributed by atoms with Crippen LogP contribution in [0.2, 0.25) is 0 Å². The molecule has 0 atom stereocenters. The van der Waals surface area contributed by atoms with Crippen molar-refractivity contribution in [3.05, 3.63) is 41.9 Å². The fourth-order valence-electron chi connectivity index (χ4n) is 1.63. The second-order valence-corrected chi connectivity index (χ2v) is 4.08. The molecule has 1 amide bonds. The molecule has 0 aliphatic heterocycles. The molecule has 0 aliphatic carbocycles. The van der Waals surface area contributed by atoms with E-state index in [1.807, 2.05) is 25.3 Å². The zero-order valence-corrected chi connectivity index (χ0v) is 10.6. The maximum absolute atomic E-state index is 11.9. The summed E-state index contributed by atoms with van der Waals surface area (Å²) < 4.78 is 1.76. The molecule has 2 heterocycles. The molecule has 0 bridgehead atoms. The van der Waals surface area contributed by atoms with E-state index in [1.54, 1.807) is 16.8 Å². The summed E-state index contributed by atoms with van der Waals surface area (Å²) in [5.74, 6) is 0.313. The van der Waals surface area contributed by atoms with Gasteiger partial charge in [-0.15, -0.1) is 0 Å². The van der Waals surface area contributed by atoms with Crippen molar-refractivity contribution in [2.24, 2.45) is 0 Å². The van der Waals surface area contributed by atoms with Crippen LogP contribution in [-0.2, 0) is 6.54 Å². The Balaban J connectivity index is 2.07. The number of aromatic nitrogens is 3. The summed E-state index contributed by atoms with van der Waals surface area (Å²) in [5, 5.41) is 6.92. The number of hydrogen-bond donors (Lipinski definition) is 1. The Bertz CT molecular complexity index is 547. The molecule has 2 rings (SSSR count). The largest absolute Gasteiger partial charge is 0.305 e. The lowest BCUT2D eigenvalue weighted by Crippen LogP contribution is -2.14. The van der Waals surface area contributed by atoms with Crippen LogP contribution in [0.15, 0.2) is 30.5 Å². The lowest BCUT2D eigenvalue weighted by Gasteiger charge is -2.02. The molecule has 0 aromatic carbocycles. The third kappa shape index (κ3) is 2.94. The number of carbonyl (C=O) groups is 1. The lowest BCUT2D eigenvalue weighted by molar-refractivity contribution is 0.102. The van der Waals surface area contributed by atoms with Gasteiger partial charge in [-0.05, 0) is 31.5 Å². The van der Waals surface area contributed by atoms with Gasteiger partial charge in [0.25, 0.3) is 5.91 Å². The summed E-state index contributed by atoms with van der Waals surface area (Å²) in [6.45, 7) is 4.76. The van der Waals surface area contributed by atoms with Gasteiger partial charge in [0.1, 0.15) is 5.82 Å². The van der Waals surface area contributed by atoms with Gasteiger partial charge < -0.3 is 5.32 Å². The molecule has 0 saturated carbocycles. The van der Waals surface area contributed by atoms with Crippen LogP contribution in [0.25, 0.3) is 0 Å². The van der Waals surface area contributed by atoms with Gasteiger partial charge in [-0.3, -0.25) is 9.48 Å². The highest BCUT2D eigenvalue weighted by atomic mass is 16.2. The lowest BCUT2D eigenvalue weighted by atomic mass is 10.3. The van der Waals surface area contributed by atoms with Crippen molar-refractivity contribution in [2.45, 2.75) is 26.8 Å². The van der Waals surface area contributed by atoms with E-state index in [-0.39, 0.29) is 5.91 Å². The first-order valence-corrected chi connectivity index (χ1v) is 5.97. The van der Waals surface area contributed by atoms with Gasteiger partial charge in [0.2, 0.25) is 0 Å². The van der Waals surface area contributed by atoms with Gasteiger partial charge >= 0.3 is 0 Å². The first-order valence-electron chi connectivity index (χ1n) is 5.97. The average Bonchev–Trinajstić information content (AvgIpc) is 2.78. The van der Waals surface area contributed by atoms with Crippen molar-refractivity contribution in [3.8, 4) is 0 Å². The molecule has 5 heteroatoms. The molecule has 0 fully saturated rings. The van der Waals surface area contributed by atoms with E-state index in [0.717, 1.165) is 18.7 Å². The summed E-state index contributed by atoms with van der Waals surface area (Å²) in [6.07, 6.45) is 2.80. The number of hydrogen-bond acceptors (Lipinski definition) is 3. The van der Waals surface area contributed by atoms with Crippen LogP contribution in [0.1, 0.15) is 29.5 Å². The van der Waals surface area contributed by atoms with Crippen molar-refractivity contribution in [1.29, 1.82) is 0 Å². The fourth-order valence-corrected chi connectivity index (χ4v) is 1.63. The maximum atomic E-state index is 11.9. The van der Waals surface area contributed by atoms with Crippen molar-refractivity contribution >= 4 is 11.7 Å². The average molecular weight is 244 g/mol. The monoisotopic (exact) mass is 244 g/mol. The molecule has 18 heavy (non-hydrogen) atoms. The summed E-state index contributed by atoms with van der Waals surface area (Å²) in [4.78, 5) is 16.1. The highest BCUT2D eigenvalue weighted by molar-refractivity contribution is 6.02. The number of carbonyl (C=O) groups excluding carboxylic acids is 1. The predicted octanol–water partition coefficient (Wildman–Crippen LogP) is 2.25. The molecule has 0 saturated heterocycles. The second kappa shape index (κ2) is 5.44. The van der Waals surface area contributed by atoms with Gasteiger partial charge in [0.05, 0.1) is 0 Å². The first-order chi connectivity index (χ1) is 8.69. The van der Waals surface area contributed by atoms with Gasteiger partial charge in [0, 0.05) is 18.4 Å². The number of nitrogens with one attached hydrogen (secondary N) is 1. The van der Waals surface area contributed by atoms with Crippen molar-refractivity contribution in [1.82, 2.24) is 14.8 Å². The summed E-state index contributed by atoms with van der Waals surface area (Å²) in [7, 11) is 0. The minimum atomic E-state index is -0.233. The molecule has 5 nitrogen and oxygen atoms in total. The molecule has 0 unspecified atom stereocenters. The molecule has 1 N–H and O–H groups in total. The van der Waals surface area contributed by atoms with Crippen molar-refractivity contribution in [2.75, 3.05) is 5.32 Å². The summed E-state index contributed by atoms with van der Waals surface area (Å²) in [6, 6.07) is 7.20. The second-order valence-electron chi connectivity index (χ2n) is 4.08. The number of nitrogens with zero attached hydrogens (tertiary/aromatic N) is 3. The smallest absolute Gasteiger partial charge is 0.277 e. The van der Waals surface area contributed by atoms with Crippen LogP contribution >= 0.6 is 0 Å². The van der Waals surface area contributed by atoms with Gasteiger partial charge in [-0.2, -0.15) is 5.10 Å². The number of aryl methyl sites for hydroxylation is 2. The van der Waals surface area contributed by atoms with Crippen LogP contribution in [-0.4, -0.2) is 20.7 Å². The van der Waals surface area contributed by atoms with E-state index in [9.17, 15) is 4.79 Å². The van der Waals surface area contributed by atoms with Crippen LogP contribution < -0.4 is 5.32 Å². The minimum Gasteiger partial charge on any atom is -0.305 e. The Hall–Kier alpha value is -2.17. The molecule has 0 aliphatic rings. The quantitative estimate of drug-likeness (QED) is 0.897. The van der Waals surface area contributed by atoms with E-state index >= 15 is 0 Å². The molecule has 94 valence electrons. The van der Waals surface area contributed by atoms with Gasteiger partial charge in [-0.1, -0.05) is 13.0 Å². The number of amides is 1. The van der Waals surface area contributed by atoms with E-state index in [0.29, 0.717) is 11.5 Å². The number of rotatable bonds is 4. The Labute approximate surface area is 106 Å². The van der Waals surface area contributed by atoms with E-state index in [1.165, 1.54) is 0 Å². The Morgan fingerprint density at radius 1 is 1.39 bits per heavy atom. The fraction of sp³-hybridized carbons (Fsp3) is 0.308. The maximum Gasteiger partial charge on any atom is 0.277 e. The molecule has 2 aromatic rings. The van der Waals surface area contributed by atoms with Crippen LogP contribution in [0.3, 0.4) is 0 Å². The third-order valence-electron chi connectivity index (χ3n) is 2.46. The number of pyridine rings is 1. The molecular formula is C13H16N4O. The van der Waals surface area contributed by atoms with E-state index in [2.05, 4.69) is 22.3 Å². The van der Waals surface area contributed by atoms with Crippen molar-refractivity contribution in [3.63, 3.8) is 0 Å². The van der Waals surface area contributed by atoms with Gasteiger partial charge in [-0.25, -0.2) is 4.98 Å². The van der Waals surface area contributed by atoms with Crippen LogP contribution in [0, 0.1) is 6.92 Å². The summed E-state index contributed by atoms with van der Waals surface area (Å²) >= 11 is 0. The zero-order chi connectivity index (χ0) is 13.0. The van der Waals surface area contributed by atoms with E-state index in [4.69, 9.17) is 0 Å². The molecule has 0 radical (unpaired) electrons. The highest BCUT2D eigenvalue weighted by Gasteiger charge is 2.10. The predicted molar refractivity (Wildman–Crippen MR) is 69.4 cm³/mol. The molecule has 0 spiro atoms. The molecular weight excluding hydrogens is 228 g/mol. The first kappa shape index (κ1) is 12.3. The minimum absolute atomic E-state index is 0.233. The normalized spacial score (nSPS) is 10.3. The van der Waals surface area contributed by atoms with Crippen LogP contribution in [0.4, 0.5) is 5.82 Å². The number of anilines is 1. The standard InChI is InChI=1S/C13H16N4O/c1-3-8-17-9-7-11(16-17)13(18)15-12-6-4-5-10(2)14-12/h4-7,9H,3,8H2,1-2H3,(H,14,15,18). The highest BCUT2D eigenvalue weighted by Crippen LogP contribution is 2.06. The summed E-state index contributed by atoms with van der Waals surface area (Å²) in [5.41, 5.74) is 1.27. The van der Waals surface area contributed by atoms with Crippen molar-refractivity contribution < 1.29 is 4.79 Å².